The molecule has 2 aliphatic heterocycles. The van der Waals surface area contributed by atoms with Crippen LogP contribution in [0.3, 0.4) is 0 Å². The maximum atomic E-state index is 5.88. The van der Waals surface area contributed by atoms with Crippen molar-refractivity contribution in [2.24, 2.45) is 5.92 Å². The van der Waals surface area contributed by atoms with Crippen molar-refractivity contribution in [1.82, 2.24) is 20.1 Å². The summed E-state index contributed by atoms with van der Waals surface area (Å²) in [5, 5.41) is 8.46. The van der Waals surface area contributed by atoms with E-state index in [4.69, 9.17) is 9.40 Å². The van der Waals surface area contributed by atoms with E-state index < -0.39 is 5.41 Å². The predicted molar refractivity (Wildman–Crippen MR) is 112 cm³/mol. The van der Waals surface area contributed by atoms with E-state index in [0.29, 0.717) is 5.89 Å². The van der Waals surface area contributed by atoms with Crippen LogP contribution >= 0.6 is 0 Å². The Morgan fingerprint density at radius 2 is 1.90 bits per heavy atom. The van der Waals surface area contributed by atoms with E-state index in [1.807, 2.05) is 12.3 Å². The number of aryl methyl sites for hydroxylation is 1. The average molecular weight is 389 g/mol. The molecule has 1 saturated carbocycles. The predicted octanol–water partition coefficient (Wildman–Crippen LogP) is 4.37. The Hall–Kier alpha value is -2.53. The summed E-state index contributed by atoms with van der Waals surface area (Å²) in [5.41, 5.74) is 2.85. The lowest BCUT2D eigenvalue weighted by Crippen LogP contribution is -2.49. The van der Waals surface area contributed by atoms with Gasteiger partial charge in [0.1, 0.15) is 5.41 Å². The SMILES string of the molecule is Cc1ccccc1C(CCN1CC2CCC1CC2)(c1ccccn1)c1nnco1. The number of rotatable bonds is 6. The van der Waals surface area contributed by atoms with Crippen molar-refractivity contribution in [3.8, 4) is 0 Å². The maximum absolute atomic E-state index is 5.88. The Morgan fingerprint density at radius 3 is 2.55 bits per heavy atom. The molecule has 3 fully saturated rings. The van der Waals surface area contributed by atoms with Gasteiger partial charge in [-0.1, -0.05) is 30.3 Å². The van der Waals surface area contributed by atoms with E-state index in [1.165, 1.54) is 49.7 Å². The van der Waals surface area contributed by atoms with Crippen LogP contribution in [-0.4, -0.2) is 39.2 Å². The average Bonchev–Trinajstić information content (AvgIpc) is 3.32. The maximum Gasteiger partial charge on any atom is 0.232 e. The fourth-order valence-corrected chi connectivity index (χ4v) is 5.52. The smallest absolute Gasteiger partial charge is 0.232 e. The van der Waals surface area contributed by atoms with Gasteiger partial charge in [-0.05, 0) is 68.2 Å². The second-order valence-electron chi connectivity index (χ2n) is 8.60. The Morgan fingerprint density at radius 1 is 1.07 bits per heavy atom. The van der Waals surface area contributed by atoms with Crippen LogP contribution < -0.4 is 0 Å². The lowest BCUT2D eigenvalue weighted by molar-refractivity contribution is 0.0444. The normalized spacial score (nSPS) is 23.8. The second-order valence-corrected chi connectivity index (χ2v) is 8.60. The first-order chi connectivity index (χ1) is 14.3. The summed E-state index contributed by atoms with van der Waals surface area (Å²) in [7, 11) is 0. The van der Waals surface area contributed by atoms with E-state index in [0.717, 1.165) is 30.6 Å². The van der Waals surface area contributed by atoms with Gasteiger partial charge in [0, 0.05) is 25.3 Å². The van der Waals surface area contributed by atoms with Crippen LogP contribution in [0.4, 0.5) is 0 Å². The van der Waals surface area contributed by atoms with Crippen molar-refractivity contribution >= 4 is 0 Å². The van der Waals surface area contributed by atoms with Crippen molar-refractivity contribution in [2.75, 3.05) is 13.1 Å². The summed E-state index contributed by atoms with van der Waals surface area (Å²) in [6.45, 7) is 4.39. The molecule has 1 aromatic carbocycles. The van der Waals surface area contributed by atoms with Gasteiger partial charge in [-0.2, -0.15) is 0 Å². The summed E-state index contributed by atoms with van der Waals surface area (Å²) in [6.07, 6.45) is 9.65. The minimum Gasteiger partial charge on any atom is -0.427 e. The first-order valence-corrected chi connectivity index (χ1v) is 10.8. The molecule has 2 aromatic heterocycles. The summed E-state index contributed by atoms with van der Waals surface area (Å²) in [4.78, 5) is 7.49. The van der Waals surface area contributed by atoms with E-state index in [9.17, 15) is 0 Å². The molecule has 5 nitrogen and oxygen atoms in total. The monoisotopic (exact) mass is 388 g/mol. The summed E-state index contributed by atoms with van der Waals surface area (Å²) in [5.74, 6) is 1.50. The quantitative estimate of drug-likeness (QED) is 0.627. The molecule has 5 heteroatoms. The molecular weight excluding hydrogens is 360 g/mol. The molecule has 1 atom stereocenters. The molecule has 1 aliphatic carbocycles. The molecule has 0 radical (unpaired) electrons. The highest BCUT2D eigenvalue weighted by atomic mass is 16.4. The van der Waals surface area contributed by atoms with Gasteiger partial charge in [-0.3, -0.25) is 4.98 Å². The van der Waals surface area contributed by atoms with Crippen LogP contribution in [0.15, 0.2) is 59.5 Å². The van der Waals surface area contributed by atoms with Gasteiger partial charge >= 0.3 is 0 Å². The fourth-order valence-electron chi connectivity index (χ4n) is 5.52. The molecule has 2 saturated heterocycles. The molecule has 4 heterocycles. The number of nitrogens with zero attached hydrogens (tertiary/aromatic N) is 4. The molecular formula is C24H28N4O. The highest BCUT2D eigenvalue weighted by Crippen LogP contribution is 2.43. The van der Waals surface area contributed by atoms with Crippen molar-refractivity contribution in [3.63, 3.8) is 0 Å². The van der Waals surface area contributed by atoms with Gasteiger partial charge in [0.25, 0.3) is 0 Å². The van der Waals surface area contributed by atoms with Crippen molar-refractivity contribution in [3.05, 3.63) is 77.8 Å². The number of hydrogen-bond acceptors (Lipinski definition) is 5. The number of pyridine rings is 1. The zero-order valence-corrected chi connectivity index (χ0v) is 17.0. The summed E-state index contributed by atoms with van der Waals surface area (Å²) in [6, 6.07) is 15.4. The van der Waals surface area contributed by atoms with Gasteiger partial charge in [0.05, 0.1) is 5.69 Å². The van der Waals surface area contributed by atoms with Crippen LogP contribution in [0.2, 0.25) is 0 Å². The lowest BCUT2D eigenvalue weighted by Gasteiger charge is -2.46. The van der Waals surface area contributed by atoms with Crippen LogP contribution in [0.5, 0.6) is 0 Å². The third-order valence-electron chi connectivity index (χ3n) is 7.03. The topological polar surface area (TPSA) is 55.1 Å². The zero-order valence-electron chi connectivity index (χ0n) is 17.0. The zero-order chi connectivity index (χ0) is 19.7. The fraction of sp³-hybridized carbons (Fsp3) is 0.458. The highest BCUT2D eigenvalue weighted by Gasteiger charge is 2.44. The lowest BCUT2D eigenvalue weighted by atomic mass is 9.71. The largest absolute Gasteiger partial charge is 0.427 e. The standard InChI is InChI=1S/C24H28N4O/c1-18-6-2-3-7-21(18)24(23-27-26-17-29-23,22-8-4-5-14-25-22)13-15-28-16-19-9-11-20(28)12-10-19/h2-8,14,17,19-20H,9-13,15-16H2,1H3. The minimum atomic E-state index is -0.542. The van der Waals surface area contributed by atoms with Gasteiger partial charge in [0.2, 0.25) is 12.3 Å². The van der Waals surface area contributed by atoms with Crippen LogP contribution in [0, 0.1) is 12.8 Å². The van der Waals surface area contributed by atoms with E-state index >= 15 is 0 Å². The Bertz CT molecular complexity index is 935. The van der Waals surface area contributed by atoms with Gasteiger partial charge in [0.15, 0.2) is 0 Å². The second kappa shape index (κ2) is 7.71. The van der Waals surface area contributed by atoms with Gasteiger partial charge in [-0.25, -0.2) is 0 Å². The Balaban J connectivity index is 1.59. The third kappa shape index (κ3) is 3.27. The van der Waals surface area contributed by atoms with E-state index in [2.05, 4.69) is 58.4 Å². The Labute approximate surface area is 172 Å². The number of aromatic nitrogens is 3. The number of piperidine rings is 2. The van der Waals surface area contributed by atoms with Gasteiger partial charge in [-0.15, -0.1) is 10.2 Å². The van der Waals surface area contributed by atoms with E-state index in [-0.39, 0.29) is 0 Å². The van der Waals surface area contributed by atoms with Crippen molar-refractivity contribution < 1.29 is 4.42 Å². The van der Waals surface area contributed by atoms with Crippen molar-refractivity contribution in [1.29, 1.82) is 0 Å². The molecule has 2 bridgehead atoms. The molecule has 3 aromatic rings. The molecule has 1 unspecified atom stereocenters. The molecule has 150 valence electrons. The summed E-state index contributed by atoms with van der Waals surface area (Å²) < 4.78 is 5.88. The first kappa shape index (κ1) is 18.5. The molecule has 3 aliphatic rings. The number of fused-ring (bicyclic) bond motifs is 3. The van der Waals surface area contributed by atoms with Crippen LogP contribution in [0.25, 0.3) is 0 Å². The van der Waals surface area contributed by atoms with Gasteiger partial charge < -0.3 is 9.32 Å². The van der Waals surface area contributed by atoms with Crippen LogP contribution in [-0.2, 0) is 5.41 Å². The Kier molecular flexibility index (Phi) is 4.92. The summed E-state index contributed by atoms with van der Waals surface area (Å²) >= 11 is 0. The molecule has 0 amide bonds. The third-order valence-corrected chi connectivity index (χ3v) is 7.03. The minimum absolute atomic E-state index is 0.542. The highest BCUT2D eigenvalue weighted by molar-refractivity contribution is 5.46. The number of benzene rings is 1. The molecule has 0 N–H and O–H groups in total. The van der Waals surface area contributed by atoms with Crippen LogP contribution in [0.1, 0.15) is 54.8 Å². The number of hydrogen-bond donors (Lipinski definition) is 0. The molecule has 29 heavy (non-hydrogen) atoms. The molecule has 0 spiro atoms. The molecule has 6 rings (SSSR count). The van der Waals surface area contributed by atoms with E-state index in [1.54, 1.807) is 0 Å². The first-order valence-electron chi connectivity index (χ1n) is 10.8. The van der Waals surface area contributed by atoms with Crippen molar-refractivity contribution in [2.45, 2.75) is 50.5 Å².